The molecule has 0 bridgehead atoms. The highest BCUT2D eigenvalue weighted by atomic mass is 16.6. The van der Waals surface area contributed by atoms with Gasteiger partial charge < -0.3 is 25.7 Å². The first kappa shape index (κ1) is 23.8. The van der Waals surface area contributed by atoms with E-state index < -0.39 is 17.7 Å². The minimum Gasteiger partial charge on any atom is -0.444 e. The van der Waals surface area contributed by atoms with Gasteiger partial charge in [0.05, 0.1) is 5.69 Å². The van der Waals surface area contributed by atoms with Gasteiger partial charge in [0.2, 0.25) is 5.91 Å². The van der Waals surface area contributed by atoms with Crippen molar-refractivity contribution in [3.05, 3.63) is 28.7 Å². The lowest BCUT2D eigenvalue weighted by atomic mass is 10.1. The lowest BCUT2D eigenvalue weighted by Crippen LogP contribution is -2.42. The first-order valence-electron chi connectivity index (χ1n) is 10.9. The number of rotatable bonds is 7. The Hall–Kier alpha value is -2.51. The number of nitrogens with two attached hydrogens (primary N) is 1. The normalized spacial score (nSPS) is 16.4. The number of aromatic nitrogens is 1. The average Bonchev–Trinajstić information content (AvgIpc) is 2.91. The van der Waals surface area contributed by atoms with E-state index in [4.69, 9.17) is 10.5 Å². The quantitative estimate of drug-likeness (QED) is 0.463. The van der Waals surface area contributed by atoms with E-state index in [0.717, 1.165) is 25.7 Å². The molecule has 1 saturated carbocycles. The second-order valence-electron chi connectivity index (χ2n) is 8.96. The van der Waals surface area contributed by atoms with E-state index in [-0.39, 0.29) is 23.2 Å². The van der Waals surface area contributed by atoms with Crippen LogP contribution in [0.2, 0.25) is 0 Å². The molecule has 168 valence electrons. The number of anilines is 1. The first-order chi connectivity index (χ1) is 14.2. The Bertz CT molecular complexity index is 761. The van der Waals surface area contributed by atoms with Gasteiger partial charge in [-0.1, -0.05) is 25.7 Å². The molecule has 8 heteroatoms. The molecule has 2 amide bonds. The number of hydrogen-bond acceptors (Lipinski definition) is 5. The summed E-state index contributed by atoms with van der Waals surface area (Å²) < 4.78 is 6.62. The summed E-state index contributed by atoms with van der Waals surface area (Å²) in [5.41, 5.74) is 4.94. The molecular formula is C22H36N4O4. The zero-order chi connectivity index (χ0) is 22.1. The molecule has 0 aliphatic heterocycles. The molecule has 1 aromatic heterocycles. The number of ether oxygens (including phenoxy) is 1. The highest BCUT2D eigenvalue weighted by molar-refractivity contribution is 5.80. The monoisotopic (exact) mass is 420 g/mol. The van der Waals surface area contributed by atoms with E-state index in [1.807, 2.05) is 0 Å². The summed E-state index contributed by atoms with van der Waals surface area (Å²) in [6, 6.07) is 2.66. The van der Waals surface area contributed by atoms with Crippen LogP contribution in [0.1, 0.15) is 78.2 Å². The number of carbonyl (C=O) groups is 2. The lowest BCUT2D eigenvalue weighted by Gasteiger charge is -2.24. The Morgan fingerprint density at radius 1 is 1.23 bits per heavy atom. The minimum atomic E-state index is -0.676. The van der Waals surface area contributed by atoms with E-state index in [1.165, 1.54) is 23.5 Å². The molecule has 1 aliphatic rings. The molecule has 1 aromatic rings. The second-order valence-corrected chi connectivity index (χ2v) is 8.96. The fourth-order valence-corrected chi connectivity index (χ4v) is 3.69. The molecule has 4 N–H and O–H groups in total. The van der Waals surface area contributed by atoms with Crippen LogP contribution in [0.5, 0.6) is 0 Å². The molecule has 1 aliphatic carbocycles. The van der Waals surface area contributed by atoms with Crippen molar-refractivity contribution in [1.82, 2.24) is 15.2 Å². The zero-order valence-corrected chi connectivity index (χ0v) is 18.4. The molecule has 0 spiro atoms. The number of carbonyl (C=O) groups excluding carboxylic acids is 2. The molecule has 0 radical (unpaired) electrons. The summed E-state index contributed by atoms with van der Waals surface area (Å²) in [5, 5.41) is 5.83. The molecule has 1 atom stereocenters. The molecule has 1 fully saturated rings. The van der Waals surface area contributed by atoms with Crippen molar-refractivity contribution in [2.75, 3.05) is 12.3 Å². The Morgan fingerprint density at radius 2 is 1.90 bits per heavy atom. The van der Waals surface area contributed by atoms with Crippen molar-refractivity contribution < 1.29 is 14.3 Å². The standard InChI is InChI=1S/C22H36N4O4/c1-22(2,3)30-21(29)24-14-8-13-18(26-15-9-12-17(23)20(26)28)19(27)25-16-10-6-4-5-7-11-16/h9,12,15-16,18H,4-8,10-11,13-14,23H2,1-3H3,(H,24,29)(H,25,27)/t18-/m0/s1. The number of nitrogens with one attached hydrogen (secondary N) is 2. The van der Waals surface area contributed by atoms with Crippen molar-refractivity contribution in [2.24, 2.45) is 0 Å². The van der Waals surface area contributed by atoms with Crippen molar-refractivity contribution in [1.29, 1.82) is 0 Å². The number of nitrogen functional groups attached to an aromatic ring is 1. The van der Waals surface area contributed by atoms with Crippen molar-refractivity contribution >= 4 is 17.7 Å². The second kappa shape index (κ2) is 11.0. The van der Waals surface area contributed by atoms with Crippen molar-refractivity contribution in [3.63, 3.8) is 0 Å². The maximum Gasteiger partial charge on any atom is 0.407 e. The van der Waals surface area contributed by atoms with Gasteiger partial charge in [-0.2, -0.15) is 0 Å². The van der Waals surface area contributed by atoms with Crippen LogP contribution in [0.25, 0.3) is 0 Å². The van der Waals surface area contributed by atoms with E-state index in [1.54, 1.807) is 33.0 Å². The van der Waals surface area contributed by atoms with Gasteiger partial charge in [-0.25, -0.2) is 4.79 Å². The van der Waals surface area contributed by atoms with Gasteiger partial charge in [-0.15, -0.1) is 0 Å². The molecule has 0 saturated heterocycles. The topological polar surface area (TPSA) is 115 Å². The van der Waals surface area contributed by atoms with Gasteiger partial charge in [0.15, 0.2) is 0 Å². The minimum absolute atomic E-state index is 0.108. The van der Waals surface area contributed by atoms with Gasteiger partial charge in [-0.05, 0) is 58.6 Å². The average molecular weight is 421 g/mol. The van der Waals surface area contributed by atoms with E-state index in [2.05, 4.69) is 10.6 Å². The molecule has 2 rings (SSSR count). The van der Waals surface area contributed by atoms with Crippen LogP contribution < -0.4 is 21.9 Å². The number of alkyl carbamates (subject to hydrolysis) is 1. The first-order valence-corrected chi connectivity index (χ1v) is 10.9. The Balaban J connectivity index is 2.02. The van der Waals surface area contributed by atoms with Crippen LogP contribution in [0.3, 0.4) is 0 Å². The Morgan fingerprint density at radius 3 is 2.53 bits per heavy atom. The van der Waals surface area contributed by atoms with Gasteiger partial charge in [0, 0.05) is 18.8 Å². The van der Waals surface area contributed by atoms with Crippen molar-refractivity contribution in [2.45, 2.75) is 89.8 Å². The SMILES string of the molecule is CC(C)(C)OC(=O)NCCC[C@@H](C(=O)NC1CCCCCC1)n1cccc(N)c1=O. The van der Waals surface area contributed by atoms with Crippen LogP contribution in [0.4, 0.5) is 10.5 Å². The van der Waals surface area contributed by atoms with Gasteiger partial charge in [0.25, 0.3) is 5.56 Å². The maximum atomic E-state index is 13.1. The van der Waals surface area contributed by atoms with Gasteiger partial charge in [-0.3, -0.25) is 9.59 Å². The highest BCUT2D eigenvalue weighted by Crippen LogP contribution is 2.19. The van der Waals surface area contributed by atoms with Gasteiger partial charge in [0.1, 0.15) is 11.6 Å². The summed E-state index contributed by atoms with van der Waals surface area (Å²) in [7, 11) is 0. The van der Waals surface area contributed by atoms with Crippen LogP contribution in [-0.4, -0.2) is 34.8 Å². The van der Waals surface area contributed by atoms with E-state index in [0.29, 0.717) is 19.4 Å². The smallest absolute Gasteiger partial charge is 0.407 e. The molecule has 0 aromatic carbocycles. The van der Waals surface area contributed by atoms with Crippen LogP contribution in [-0.2, 0) is 9.53 Å². The lowest BCUT2D eigenvalue weighted by molar-refractivity contribution is -0.125. The molecule has 1 heterocycles. The summed E-state index contributed by atoms with van der Waals surface area (Å²) in [6.07, 6.45) is 8.54. The third kappa shape index (κ3) is 7.72. The Kier molecular flexibility index (Phi) is 8.74. The largest absolute Gasteiger partial charge is 0.444 e. The third-order valence-corrected chi connectivity index (χ3v) is 5.17. The van der Waals surface area contributed by atoms with Crippen LogP contribution in [0.15, 0.2) is 23.1 Å². The maximum absolute atomic E-state index is 13.1. The van der Waals surface area contributed by atoms with Crippen LogP contribution in [0, 0.1) is 0 Å². The predicted octanol–water partition coefficient (Wildman–Crippen LogP) is 3.12. The summed E-state index contributed by atoms with van der Waals surface area (Å²) in [4.78, 5) is 37.4. The summed E-state index contributed by atoms with van der Waals surface area (Å²) in [5.74, 6) is -0.174. The molecule has 8 nitrogen and oxygen atoms in total. The highest BCUT2D eigenvalue weighted by Gasteiger charge is 2.25. The third-order valence-electron chi connectivity index (χ3n) is 5.17. The van der Waals surface area contributed by atoms with E-state index >= 15 is 0 Å². The molecule has 30 heavy (non-hydrogen) atoms. The number of pyridine rings is 1. The van der Waals surface area contributed by atoms with Crippen LogP contribution >= 0.6 is 0 Å². The Labute approximate surface area is 178 Å². The number of hydrogen-bond donors (Lipinski definition) is 3. The van der Waals surface area contributed by atoms with E-state index in [9.17, 15) is 14.4 Å². The number of amides is 2. The molecule has 0 unspecified atom stereocenters. The fourth-order valence-electron chi connectivity index (χ4n) is 3.69. The summed E-state index contributed by atoms with van der Waals surface area (Å²) >= 11 is 0. The number of nitrogens with zero attached hydrogens (tertiary/aromatic N) is 1. The predicted molar refractivity (Wildman–Crippen MR) is 117 cm³/mol. The van der Waals surface area contributed by atoms with Crippen molar-refractivity contribution in [3.8, 4) is 0 Å². The molecular weight excluding hydrogens is 384 g/mol. The van der Waals surface area contributed by atoms with Gasteiger partial charge >= 0.3 is 6.09 Å². The zero-order valence-electron chi connectivity index (χ0n) is 18.4. The summed E-state index contributed by atoms with van der Waals surface area (Å²) in [6.45, 7) is 5.74. The fraction of sp³-hybridized carbons (Fsp3) is 0.682.